The summed E-state index contributed by atoms with van der Waals surface area (Å²) in [5.74, 6) is 1.52. The predicted molar refractivity (Wildman–Crippen MR) is 104 cm³/mol. The summed E-state index contributed by atoms with van der Waals surface area (Å²) in [5, 5.41) is 7.96. The molecule has 1 aromatic rings. The minimum absolute atomic E-state index is 0.597. The van der Waals surface area contributed by atoms with E-state index in [2.05, 4.69) is 41.3 Å². The van der Waals surface area contributed by atoms with Crippen LogP contribution in [0.5, 0.6) is 0 Å². The zero-order chi connectivity index (χ0) is 17.2. The Labute approximate surface area is 151 Å². The lowest BCUT2D eigenvalue weighted by Gasteiger charge is -2.28. The number of likely N-dealkylation sites (tertiary alicyclic amines) is 1. The molecule has 0 amide bonds. The van der Waals surface area contributed by atoms with Crippen LogP contribution in [-0.2, 0) is 6.42 Å². The van der Waals surface area contributed by atoms with Gasteiger partial charge in [0, 0.05) is 43.7 Å². The maximum atomic E-state index is 4.77. The second kappa shape index (κ2) is 10.7. The fourth-order valence-electron chi connectivity index (χ4n) is 3.03. The Bertz CT molecular complexity index is 493. The summed E-state index contributed by atoms with van der Waals surface area (Å²) in [6, 6.07) is 0. The largest absolute Gasteiger partial charge is 0.357 e. The number of nitrogens with one attached hydrogen (secondary N) is 2. The van der Waals surface area contributed by atoms with Gasteiger partial charge in [-0.1, -0.05) is 13.3 Å². The van der Waals surface area contributed by atoms with Crippen LogP contribution in [0.4, 0.5) is 0 Å². The molecule has 0 saturated carbocycles. The van der Waals surface area contributed by atoms with Gasteiger partial charge in [0.2, 0.25) is 0 Å². The van der Waals surface area contributed by atoms with E-state index in [9.17, 15) is 0 Å². The molecule has 136 valence electrons. The lowest BCUT2D eigenvalue weighted by Crippen LogP contribution is -2.39. The van der Waals surface area contributed by atoms with E-state index in [0.29, 0.717) is 5.92 Å². The summed E-state index contributed by atoms with van der Waals surface area (Å²) >= 11 is 1.77. The topological polar surface area (TPSA) is 52.6 Å². The van der Waals surface area contributed by atoms with Crippen LogP contribution < -0.4 is 10.6 Å². The Hall–Kier alpha value is -1.14. The summed E-state index contributed by atoms with van der Waals surface area (Å²) in [7, 11) is 0. The van der Waals surface area contributed by atoms with E-state index in [-0.39, 0.29) is 0 Å². The number of hydrogen-bond donors (Lipinski definition) is 2. The van der Waals surface area contributed by atoms with Crippen LogP contribution in [0.3, 0.4) is 0 Å². The van der Waals surface area contributed by atoms with Crippen LogP contribution >= 0.6 is 11.3 Å². The second-order valence-corrected chi connectivity index (χ2v) is 8.05. The molecule has 5 nitrogen and oxygen atoms in total. The lowest BCUT2D eigenvalue weighted by molar-refractivity contribution is 0.203. The number of aliphatic imine (C=N–C) groups is 1. The van der Waals surface area contributed by atoms with Crippen LogP contribution in [0.1, 0.15) is 43.0 Å². The van der Waals surface area contributed by atoms with Crippen molar-refractivity contribution in [1.82, 2.24) is 20.5 Å². The van der Waals surface area contributed by atoms with Gasteiger partial charge >= 0.3 is 0 Å². The third-order valence-corrected chi connectivity index (χ3v) is 5.20. The minimum Gasteiger partial charge on any atom is -0.357 e. The molecule has 0 aliphatic carbocycles. The number of aromatic nitrogens is 1. The highest BCUT2D eigenvalue weighted by atomic mass is 32.1. The fourth-order valence-corrected chi connectivity index (χ4v) is 3.82. The Morgan fingerprint density at radius 3 is 2.79 bits per heavy atom. The van der Waals surface area contributed by atoms with Gasteiger partial charge in [0.05, 0.1) is 5.01 Å². The highest BCUT2D eigenvalue weighted by Gasteiger charge is 2.13. The highest BCUT2D eigenvalue weighted by Crippen LogP contribution is 2.12. The van der Waals surface area contributed by atoms with Gasteiger partial charge in [0.15, 0.2) is 5.96 Å². The monoisotopic (exact) mass is 351 g/mol. The van der Waals surface area contributed by atoms with Crippen LogP contribution in [-0.4, -0.2) is 55.1 Å². The third kappa shape index (κ3) is 7.18. The van der Waals surface area contributed by atoms with Crippen molar-refractivity contribution in [2.24, 2.45) is 10.9 Å². The molecular weight excluding hydrogens is 318 g/mol. The zero-order valence-corrected chi connectivity index (χ0v) is 16.3. The molecule has 1 atom stereocenters. The van der Waals surface area contributed by atoms with Gasteiger partial charge in [-0.05, 0) is 45.7 Å². The van der Waals surface area contributed by atoms with Gasteiger partial charge < -0.3 is 15.5 Å². The summed E-state index contributed by atoms with van der Waals surface area (Å²) < 4.78 is 0. The van der Waals surface area contributed by atoms with Gasteiger partial charge in [-0.2, -0.15) is 0 Å². The minimum atomic E-state index is 0.597. The van der Waals surface area contributed by atoms with E-state index >= 15 is 0 Å². The van der Waals surface area contributed by atoms with Gasteiger partial charge in [-0.15, -0.1) is 11.3 Å². The van der Waals surface area contributed by atoms with Gasteiger partial charge in [0.1, 0.15) is 0 Å². The van der Waals surface area contributed by atoms with E-state index in [1.54, 1.807) is 11.3 Å². The average Bonchev–Trinajstić information content (AvgIpc) is 2.99. The molecule has 1 saturated heterocycles. The molecule has 0 spiro atoms. The van der Waals surface area contributed by atoms with Crippen molar-refractivity contribution in [1.29, 1.82) is 0 Å². The van der Waals surface area contributed by atoms with E-state index in [1.165, 1.54) is 48.8 Å². The summed E-state index contributed by atoms with van der Waals surface area (Å²) in [6.45, 7) is 12.9. The van der Waals surface area contributed by atoms with Gasteiger partial charge in [-0.25, -0.2) is 4.98 Å². The van der Waals surface area contributed by atoms with Crippen molar-refractivity contribution in [3.05, 3.63) is 16.1 Å². The highest BCUT2D eigenvalue weighted by molar-refractivity contribution is 7.11. The van der Waals surface area contributed by atoms with Crippen molar-refractivity contribution in [2.45, 2.75) is 46.5 Å². The first-order chi connectivity index (χ1) is 11.7. The van der Waals surface area contributed by atoms with Crippen molar-refractivity contribution < 1.29 is 0 Å². The van der Waals surface area contributed by atoms with Gasteiger partial charge in [-0.3, -0.25) is 4.99 Å². The molecule has 6 heteroatoms. The van der Waals surface area contributed by atoms with Gasteiger partial charge in [0.25, 0.3) is 0 Å². The first-order valence-corrected chi connectivity index (χ1v) is 10.1. The Morgan fingerprint density at radius 1 is 1.33 bits per heavy atom. The maximum absolute atomic E-state index is 4.77. The Balaban J connectivity index is 1.72. The number of piperidine rings is 1. The van der Waals surface area contributed by atoms with Crippen molar-refractivity contribution in [2.75, 3.05) is 39.3 Å². The molecule has 1 fully saturated rings. The molecule has 0 radical (unpaired) electrons. The predicted octanol–water partition coefficient (Wildman–Crippen LogP) is 2.67. The third-order valence-electron chi connectivity index (χ3n) is 4.22. The standard InChI is InChI=1S/C18H33N5S/c1-4-19-18(20-9-8-17-21-13-16(3)24-17)22-12-15(2)14-23-10-6-5-7-11-23/h13,15H,4-12,14H2,1-3H3,(H2,19,20,22). The number of rotatable bonds is 8. The molecular formula is C18H33N5S. The molecule has 2 rings (SSSR count). The second-order valence-electron chi connectivity index (χ2n) is 6.73. The fraction of sp³-hybridized carbons (Fsp3) is 0.778. The number of nitrogens with zero attached hydrogens (tertiary/aromatic N) is 3. The molecule has 1 aliphatic heterocycles. The average molecular weight is 352 g/mol. The smallest absolute Gasteiger partial charge is 0.191 e. The zero-order valence-electron chi connectivity index (χ0n) is 15.5. The normalized spacial score (nSPS) is 17.7. The first-order valence-electron chi connectivity index (χ1n) is 9.33. The molecule has 1 aliphatic rings. The van der Waals surface area contributed by atoms with E-state index in [1.807, 2.05) is 6.20 Å². The lowest BCUT2D eigenvalue weighted by atomic mass is 10.1. The van der Waals surface area contributed by atoms with E-state index < -0.39 is 0 Å². The molecule has 1 unspecified atom stereocenters. The number of hydrogen-bond acceptors (Lipinski definition) is 4. The van der Waals surface area contributed by atoms with E-state index in [4.69, 9.17) is 4.99 Å². The molecule has 0 bridgehead atoms. The SMILES string of the molecule is CCNC(=NCC(C)CN1CCCCC1)NCCc1ncc(C)s1. The maximum Gasteiger partial charge on any atom is 0.191 e. The molecule has 2 heterocycles. The molecule has 1 aromatic heterocycles. The van der Waals surface area contributed by atoms with E-state index in [0.717, 1.165) is 32.0 Å². The van der Waals surface area contributed by atoms with Crippen LogP contribution in [0, 0.1) is 12.8 Å². The van der Waals surface area contributed by atoms with Crippen LogP contribution in [0.2, 0.25) is 0 Å². The summed E-state index contributed by atoms with van der Waals surface area (Å²) in [5.41, 5.74) is 0. The number of aryl methyl sites for hydroxylation is 1. The molecule has 2 N–H and O–H groups in total. The molecule has 0 aromatic carbocycles. The van der Waals surface area contributed by atoms with Crippen molar-refractivity contribution in [3.8, 4) is 0 Å². The number of thiazole rings is 1. The first kappa shape index (κ1) is 19.2. The Kier molecular flexibility index (Phi) is 8.53. The van der Waals surface area contributed by atoms with Crippen molar-refractivity contribution in [3.63, 3.8) is 0 Å². The van der Waals surface area contributed by atoms with Crippen LogP contribution in [0.15, 0.2) is 11.2 Å². The molecule has 24 heavy (non-hydrogen) atoms. The van der Waals surface area contributed by atoms with Crippen molar-refractivity contribution >= 4 is 17.3 Å². The number of guanidine groups is 1. The van der Waals surface area contributed by atoms with Crippen LogP contribution in [0.25, 0.3) is 0 Å². The summed E-state index contributed by atoms with van der Waals surface area (Å²) in [6.07, 6.45) is 7.01. The summed E-state index contributed by atoms with van der Waals surface area (Å²) in [4.78, 5) is 13.0. The quantitative estimate of drug-likeness (QED) is 0.558. The Morgan fingerprint density at radius 2 is 2.12 bits per heavy atom.